The van der Waals surface area contributed by atoms with Gasteiger partial charge in [-0.05, 0) is 25.0 Å². The highest BCUT2D eigenvalue weighted by Crippen LogP contribution is 2.30. The number of pyridine rings is 1. The first-order valence-corrected chi connectivity index (χ1v) is 12.5. The quantitative estimate of drug-likeness (QED) is 0.0955. The zero-order valence-corrected chi connectivity index (χ0v) is 21.6. The molecule has 4 atom stereocenters. The van der Waals surface area contributed by atoms with Crippen molar-refractivity contribution in [3.8, 4) is 11.5 Å². The van der Waals surface area contributed by atoms with Gasteiger partial charge in [-0.25, -0.2) is 9.18 Å². The maximum atomic E-state index is 14.9. The van der Waals surface area contributed by atoms with Crippen molar-refractivity contribution in [2.75, 3.05) is 19.7 Å². The van der Waals surface area contributed by atoms with Crippen LogP contribution in [0.15, 0.2) is 30.5 Å². The highest BCUT2D eigenvalue weighted by atomic mass is 19.1. The number of aromatic hydroxyl groups is 1. The number of aliphatic hydroxyl groups is 2. The summed E-state index contributed by atoms with van der Waals surface area (Å²) in [6.45, 7) is 1.01. The molecular weight excluding hydrogens is 548 g/mol. The summed E-state index contributed by atoms with van der Waals surface area (Å²) in [6, 6.07) is 1.98. The molecule has 3 heterocycles. The van der Waals surface area contributed by atoms with Crippen LogP contribution in [0.1, 0.15) is 34.6 Å². The predicted molar refractivity (Wildman–Crippen MR) is 135 cm³/mol. The van der Waals surface area contributed by atoms with Gasteiger partial charge in [0.15, 0.2) is 12.2 Å². The number of fused-ring (bicyclic) bond motifs is 1. The molecule has 7 N–H and O–H groups in total. The summed E-state index contributed by atoms with van der Waals surface area (Å²) < 4.78 is 20.2. The molecule has 2 aliphatic rings. The molecular formula is C24H27BFN5O10. The number of benzene rings is 1. The van der Waals surface area contributed by atoms with Gasteiger partial charge in [0.25, 0.3) is 0 Å². The number of nitrogens with zero attached hydrogens (tertiary/aromatic N) is 3. The molecule has 1 aromatic heterocycles. The summed E-state index contributed by atoms with van der Waals surface area (Å²) in [7, 11) is -1.73. The second kappa shape index (κ2) is 12.1. The smallest absolute Gasteiger partial charge is 0.534 e. The molecule has 41 heavy (non-hydrogen) atoms. The van der Waals surface area contributed by atoms with Crippen LogP contribution in [0.25, 0.3) is 0 Å². The molecule has 15 nitrogen and oxygen atoms in total. The largest absolute Gasteiger partial charge is 0.547 e. The van der Waals surface area contributed by atoms with E-state index < -0.39 is 79.1 Å². The molecule has 218 valence electrons. The molecule has 2 aromatic rings. The molecule has 1 aromatic carbocycles. The average molecular weight is 575 g/mol. The fourth-order valence-corrected chi connectivity index (χ4v) is 4.71. The van der Waals surface area contributed by atoms with Crippen LogP contribution in [0, 0.1) is 5.82 Å². The van der Waals surface area contributed by atoms with Crippen LogP contribution in [-0.2, 0) is 20.8 Å². The third-order valence-corrected chi connectivity index (χ3v) is 6.77. The van der Waals surface area contributed by atoms with E-state index in [4.69, 9.17) is 4.65 Å². The number of nitrogens with one attached hydrogen (secondary N) is 2. The Hall–Kier alpha value is -4.32. The first-order valence-electron chi connectivity index (χ1n) is 12.5. The van der Waals surface area contributed by atoms with Crippen LogP contribution in [0.5, 0.6) is 11.5 Å². The summed E-state index contributed by atoms with van der Waals surface area (Å²) in [5.74, 6) is -7.51. The SMILES string of the molecule is CCN1C[C@H](CO)N(C(O)NC(C(=O)N[C@H]2Cc3cccc(C(=O)O)c3OB2O)c2ncc(O)cc2F)C(=O)C1=O. The highest BCUT2D eigenvalue weighted by molar-refractivity contribution is 6.47. The molecule has 2 aliphatic heterocycles. The number of carbonyl (C=O) groups is 4. The monoisotopic (exact) mass is 575 g/mol. The van der Waals surface area contributed by atoms with Gasteiger partial charge >= 0.3 is 24.9 Å². The van der Waals surface area contributed by atoms with Crippen LogP contribution in [0.3, 0.4) is 0 Å². The first-order chi connectivity index (χ1) is 19.5. The number of carboxylic acid groups (broad SMARTS) is 1. The fourth-order valence-electron chi connectivity index (χ4n) is 4.71. The maximum Gasteiger partial charge on any atom is 0.547 e. The van der Waals surface area contributed by atoms with E-state index in [9.17, 15) is 49.0 Å². The molecule has 4 rings (SSSR count). The van der Waals surface area contributed by atoms with Crippen LogP contribution in [0.2, 0.25) is 0 Å². The van der Waals surface area contributed by atoms with Gasteiger partial charge in [0.1, 0.15) is 23.2 Å². The second-order valence-electron chi connectivity index (χ2n) is 9.35. The first kappa shape index (κ1) is 29.7. The highest BCUT2D eigenvalue weighted by Gasteiger charge is 2.44. The average Bonchev–Trinajstić information content (AvgIpc) is 2.93. The lowest BCUT2D eigenvalue weighted by Crippen LogP contribution is -2.66. The van der Waals surface area contributed by atoms with Gasteiger partial charge < -0.3 is 40.3 Å². The van der Waals surface area contributed by atoms with Crippen LogP contribution < -0.4 is 15.3 Å². The number of halogens is 1. The van der Waals surface area contributed by atoms with Gasteiger partial charge in [-0.2, -0.15) is 0 Å². The van der Waals surface area contributed by atoms with E-state index in [2.05, 4.69) is 15.6 Å². The van der Waals surface area contributed by atoms with Gasteiger partial charge in [-0.1, -0.05) is 12.1 Å². The minimum atomic E-state index is -2.10. The Labute approximate surface area is 232 Å². The third kappa shape index (κ3) is 5.92. The molecule has 0 spiro atoms. The Balaban J connectivity index is 1.61. The Bertz CT molecular complexity index is 1370. The number of aromatic carboxylic acids is 1. The number of carbonyl (C=O) groups excluding carboxylic acids is 3. The summed E-state index contributed by atoms with van der Waals surface area (Å²) >= 11 is 0. The second-order valence-corrected chi connectivity index (χ2v) is 9.35. The number of rotatable bonds is 9. The number of amides is 3. The van der Waals surface area contributed by atoms with Crippen molar-refractivity contribution >= 4 is 30.8 Å². The van der Waals surface area contributed by atoms with Gasteiger partial charge in [0.2, 0.25) is 5.91 Å². The van der Waals surface area contributed by atoms with E-state index in [0.29, 0.717) is 16.5 Å². The van der Waals surface area contributed by atoms with Crippen molar-refractivity contribution < 1.29 is 53.7 Å². The molecule has 0 bridgehead atoms. The summed E-state index contributed by atoms with van der Waals surface area (Å²) in [4.78, 5) is 55.7. The zero-order valence-electron chi connectivity index (χ0n) is 21.6. The molecule has 3 amide bonds. The van der Waals surface area contributed by atoms with E-state index in [0.717, 1.165) is 11.1 Å². The summed E-state index contributed by atoms with van der Waals surface area (Å²) in [5.41, 5.74) is -0.474. The lowest BCUT2D eigenvalue weighted by Gasteiger charge is -2.42. The van der Waals surface area contributed by atoms with Crippen molar-refractivity contribution in [3.63, 3.8) is 0 Å². The van der Waals surface area contributed by atoms with E-state index >= 15 is 0 Å². The Morgan fingerprint density at radius 1 is 1.29 bits per heavy atom. The van der Waals surface area contributed by atoms with Gasteiger partial charge in [-0.15, -0.1) is 0 Å². The van der Waals surface area contributed by atoms with Gasteiger partial charge in [0, 0.05) is 19.2 Å². The molecule has 1 saturated heterocycles. The minimum Gasteiger partial charge on any atom is -0.534 e. The Morgan fingerprint density at radius 3 is 2.66 bits per heavy atom. The topological polar surface area (TPSA) is 222 Å². The predicted octanol–water partition coefficient (Wildman–Crippen LogP) is -2.28. The minimum absolute atomic E-state index is 0.0845. The normalized spacial score (nSPS) is 20.3. The van der Waals surface area contributed by atoms with Gasteiger partial charge in [-0.3, -0.25) is 29.6 Å². The van der Waals surface area contributed by atoms with Crippen molar-refractivity contribution in [1.29, 1.82) is 0 Å². The van der Waals surface area contributed by atoms with Crippen molar-refractivity contribution in [1.82, 2.24) is 25.4 Å². The zero-order chi connectivity index (χ0) is 30.0. The molecule has 2 unspecified atom stereocenters. The lowest BCUT2D eigenvalue weighted by molar-refractivity contribution is -0.173. The molecule has 0 aliphatic carbocycles. The standard InChI is InChI=1S/C24H27BFN5O10/c1-2-30-9-12(10-32)31(22(36)21(30)35)24(39)29-18(17-15(26)7-13(33)8-27-17)20(34)28-16-6-11-4-3-5-14(23(37)38)19(11)41-25(16)40/h3-5,7-8,12,16,18,24,29,32-33,39-40H,2,6,9-10H2,1H3,(H,28,34)(H,37,38)/t12-,16+,18?,24?/m1/s1. The van der Waals surface area contributed by atoms with Crippen LogP contribution >= 0.6 is 0 Å². The molecule has 0 saturated carbocycles. The number of para-hydroxylation sites is 1. The van der Waals surface area contributed by atoms with Crippen LogP contribution in [0.4, 0.5) is 4.39 Å². The number of hydrogen-bond donors (Lipinski definition) is 7. The van der Waals surface area contributed by atoms with Crippen molar-refractivity contribution in [3.05, 3.63) is 53.1 Å². The number of piperazine rings is 1. The van der Waals surface area contributed by atoms with E-state index in [1.807, 2.05) is 0 Å². The van der Waals surface area contributed by atoms with Gasteiger partial charge in [0.05, 0.1) is 30.4 Å². The Kier molecular flexibility index (Phi) is 8.72. The molecule has 1 fully saturated rings. The number of hydrogen-bond acceptors (Lipinski definition) is 11. The molecule has 0 radical (unpaired) electrons. The summed E-state index contributed by atoms with van der Waals surface area (Å²) in [6.07, 6.45) is -1.36. The lowest BCUT2D eigenvalue weighted by atomic mass is 9.72. The third-order valence-electron chi connectivity index (χ3n) is 6.77. The van der Waals surface area contributed by atoms with E-state index in [-0.39, 0.29) is 30.8 Å². The summed E-state index contributed by atoms with van der Waals surface area (Å²) in [5, 5.41) is 55.0. The number of likely N-dealkylation sites (N-methyl/N-ethyl adjacent to an activating group) is 1. The number of aliphatic hydroxyl groups excluding tert-OH is 2. The van der Waals surface area contributed by atoms with Crippen LogP contribution in [-0.4, -0.2) is 109 Å². The number of aromatic nitrogens is 1. The number of carboxylic acids is 1. The maximum absolute atomic E-state index is 14.9. The van der Waals surface area contributed by atoms with Crippen molar-refractivity contribution in [2.45, 2.75) is 37.7 Å². The van der Waals surface area contributed by atoms with Crippen molar-refractivity contribution in [2.24, 2.45) is 0 Å². The molecule has 17 heteroatoms. The Morgan fingerprint density at radius 2 is 2.02 bits per heavy atom. The fraction of sp³-hybridized carbons (Fsp3) is 0.375. The van der Waals surface area contributed by atoms with E-state index in [1.165, 1.54) is 18.2 Å². The van der Waals surface area contributed by atoms with E-state index in [1.54, 1.807) is 6.92 Å².